The number of anilines is 1. The van der Waals surface area contributed by atoms with Crippen LogP contribution in [0.3, 0.4) is 0 Å². The highest BCUT2D eigenvalue weighted by atomic mass is 16.5. The van der Waals surface area contributed by atoms with Gasteiger partial charge in [-0.3, -0.25) is 4.79 Å². The van der Waals surface area contributed by atoms with E-state index in [2.05, 4.69) is 57.8 Å². The molecule has 1 N–H and O–H groups in total. The van der Waals surface area contributed by atoms with E-state index < -0.39 is 0 Å². The van der Waals surface area contributed by atoms with Crippen LogP contribution in [0.25, 0.3) is 0 Å². The number of rotatable bonds is 13. The Hall–Kier alpha value is -2.55. The Morgan fingerprint density at radius 3 is 2.39 bits per heavy atom. The topological polar surface area (TPSA) is 38.3 Å². The van der Waals surface area contributed by atoms with Crippen LogP contribution in [-0.4, -0.2) is 12.5 Å². The van der Waals surface area contributed by atoms with Crippen molar-refractivity contribution in [3.8, 4) is 5.75 Å². The maximum absolute atomic E-state index is 12.0. The second-order valence-electron chi connectivity index (χ2n) is 8.85. The molecule has 0 radical (unpaired) electrons. The molecule has 0 atom stereocenters. The second-order valence-corrected chi connectivity index (χ2v) is 8.85. The van der Waals surface area contributed by atoms with Gasteiger partial charge in [0.1, 0.15) is 12.4 Å². The fraction of sp³-hybridized carbons (Fsp3) is 0.464. The van der Waals surface area contributed by atoms with Crippen molar-refractivity contribution in [2.24, 2.45) is 5.92 Å². The molecule has 0 heterocycles. The third-order valence-corrected chi connectivity index (χ3v) is 5.43. The number of hydrogen-bond acceptors (Lipinski definition) is 2. The summed E-state index contributed by atoms with van der Waals surface area (Å²) in [6, 6.07) is 5.86. The summed E-state index contributed by atoms with van der Waals surface area (Å²) in [7, 11) is 0. The molecular formula is C28H39NO2. The first-order valence-corrected chi connectivity index (χ1v) is 11.5. The molecule has 0 saturated heterocycles. The first-order chi connectivity index (χ1) is 14.9. The molecule has 1 saturated carbocycles. The third-order valence-electron chi connectivity index (χ3n) is 5.43. The Bertz CT molecular complexity index is 837. The molecule has 0 aliphatic heterocycles. The van der Waals surface area contributed by atoms with Gasteiger partial charge in [-0.1, -0.05) is 34.9 Å². The van der Waals surface area contributed by atoms with E-state index in [-0.39, 0.29) is 11.8 Å². The van der Waals surface area contributed by atoms with E-state index in [9.17, 15) is 4.79 Å². The molecule has 1 aromatic carbocycles. The van der Waals surface area contributed by atoms with Crippen molar-refractivity contribution in [2.45, 2.75) is 72.6 Å². The van der Waals surface area contributed by atoms with E-state index in [1.165, 1.54) is 16.7 Å². The van der Waals surface area contributed by atoms with Crippen LogP contribution in [0.5, 0.6) is 5.75 Å². The first-order valence-electron chi connectivity index (χ1n) is 11.5. The summed E-state index contributed by atoms with van der Waals surface area (Å²) >= 11 is 0. The van der Waals surface area contributed by atoms with Crippen LogP contribution in [0.2, 0.25) is 0 Å². The molecule has 31 heavy (non-hydrogen) atoms. The number of carbonyl (C=O) groups is 1. The molecule has 3 nitrogen and oxygen atoms in total. The van der Waals surface area contributed by atoms with E-state index in [4.69, 9.17) is 4.74 Å². The van der Waals surface area contributed by atoms with E-state index >= 15 is 0 Å². The van der Waals surface area contributed by atoms with Crippen LogP contribution in [0.1, 0.15) is 71.8 Å². The minimum atomic E-state index is 0.123. The Morgan fingerprint density at radius 1 is 1.06 bits per heavy atom. The lowest BCUT2D eigenvalue weighted by Crippen LogP contribution is -2.13. The van der Waals surface area contributed by atoms with Crippen LogP contribution >= 0.6 is 0 Å². The number of amides is 1. The zero-order chi connectivity index (χ0) is 22.6. The molecule has 0 aromatic heterocycles. The number of ether oxygens (including phenoxy) is 1. The lowest BCUT2D eigenvalue weighted by molar-refractivity contribution is -0.117. The summed E-state index contributed by atoms with van der Waals surface area (Å²) < 4.78 is 6.02. The molecule has 3 heteroatoms. The maximum Gasteiger partial charge on any atom is 0.227 e. The lowest BCUT2D eigenvalue weighted by Gasteiger charge is -2.12. The van der Waals surface area contributed by atoms with Crippen molar-refractivity contribution >= 4 is 11.6 Å². The quantitative estimate of drug-likeness (QED) is 0.334. The molecule has 0 bridgehead atoms. The Morgan fingerprint density at radius 2 is 1.74 bits per heavy atom. The summed E-state index contributed by atoms with van der Waals surface area (Å²) in [5.41, 5.74) is 6.07. The van der Waals surface area contributed by atoms with Gasteiger partial charge in [0.15, 0.2) is 0 Å². The van der Waals surface area contributed by atoms with Gasteiger partial charge in [-0.15, -0.1) is 6.58 Å². The number of nitrogens with one attached hydrogen (secondary N) is 1. The van der Waals surface area contributed by atoms with Crippen LogP contribution in [-0.2, 0) is 11.2 Å². The molecule has 2 rings (SSSR count). The van der Waals surface area contributed by atoms with Gasteiger partial charge in [0, 0.05) is 11.6 Å². The Labute approximate surface area is 189 Å². The van der Waals surface area contributed by atoms with Crippen LogP contribution < -0.4 is 10.1 Å². The minimum Gasteiger partial charge on any atom is -0.489 e. The number of allylic oxidation sites excluding steroid dienone is 6. The highest BCUT2D eigenvalue weighted by Gasteiger charge is 2.29. The predicted octanol–water partition coefficient (Wildman–Crippen LogP) is 7.56. The lowest BCUT2D eigenvalue weighted by atomic mass is 10.1. The molecule has 1 aliphatic carbocycles. The summed E-state index contributed by atoms with van der Waals surface area (Å²) in [5, 5.41) is 3.01. The second kappa shape index (κ2) is 13.0. The zero-order valence-electron chi connectivity index (χ0n) is 19.8. The van der Waals surface area contributed by atoms with Crippen LogP contribution in [0, 0.1) is 5.92 Å². The van der Waals surface area contributed by atoms with Gasteiger partial charge in [-0.05, 0) is 102 Å². The van der Waals surface area contributed by atoms with Gasteiger partial charge in [-0.25, -0.2) is 0 Å². The van der Waals surface area contributed by atoms with Crippen LogP contribution in [0.4, 0.5) is 5.69 Å². The number of benzene rings is 1. The number of carbonyl (C=O) groups excluding carboxylic acids is 1. The fourth-order valence-corrected chi connectivity index (χ4v) is 3.32. The van der Waals surface area contributed by atoms with Gasteiger partial charge >= 0.3 is 0 Å². The van der Waals surface area contributed by atoms with Crippen molar-refractivity contribution in [1.82, 2.24) is 0 Å². The highest BCUT2D eigenvalue weighted by Crippen LogP contribution is 2.31. The zero-order valence-corrected chi connectivity index (χ0v) is 19.8. The SMILES string of the molecule is C=CCc1cc(NC(=O)C2CC2)ccc1OC/C=C(\C)CC/C=C(\C)CCC=C(C)C. The maximum atomic E-state index is 12.0. The molecule has 1 aliphatic rings. The molecular weight excluding hydrogens is 382 g/mol. The van der Waals surface area contributed by atoms with Crippen molar-refractivity contribution in [3.05, 3.63) is 71.4 Å². The largest absolute Gasteiger partial charge is 0.489 e. The summed E-state index contributed by atoms with van der Waals surface area (Å²) in [5.74, 6) is 1.17. The molecule has 1 fully saturated rings. The third kappa shape index (κ3) is 9.87. The van der Waals surface area contributed by atoms with Crippen molar-refractivity contribution in [1.29, 1.82) is 0 Å². The monoisotopic (exact) mass is 421 g/mol. The van der Waals surface area contributed by atoms with Gasteiger partial charge in [0.2, 0.25) is 5.91 Å². The van der Waals surface area contributed by atoms with Crippen molar-refractivity contribution in [2.75, 3.05) is 11.9 Å². The molecule has 168 valence electrons. The summed E-state index contributed by atoms with van der Waals surface area (Å²) in [6.07, 6.45) is 15.8. The van der Waals surface area contributed by atoms with E-state index in [1.54, 1.807) is 0 Å². The predicted molar refractivity (Wildman–Crippen MR) is 133 cm³/mol. The minimum absolute atomic E-state index is 0.123. The Balaban J connectivity index is 1.82. The molecule has 0 unspecified atom stereocenters. The van der Waals surface area contributed by atoms with Gasteiger partial charge in [0.25, 0.3) is 0 Å². The average molecular weight is 422 g/mol. The van der Waals surface area contributed by atoms with Gasteiger partial charge < -0.3 is 10.1 Å². The standard InChI is InChI=1S/C28H39NO2/c1-6-9-25-20-26(29-28(30)24-14-15-24)16-17-27(25)31-19-18-23(5)13-8-12-22(4)11-7-10-21(2)3/h6,10,12,16-18,20,24H,1,7-9,11,13-15,19H2,2-5H3,(H,29,30)/b22-12+,23-18+. The average Bonchev–Trinajstić information content (AvgIpc) is 3.55. The number of hydrogen-bond donors (Lipinski definition) is 1. The fourth-order valence-electron chi connectivity index (χ4n) is 3.32. The van der Waals surface area contributed by atoms with Gasteiger partial charge in [-0.2, -0.15) is 0 Å². The first kappa shape index (κ1) is 24.7. The Kier molecular flexibility index (Phi) is 10.4. The molecule has 1 amide bonds. The summed E-state index contributed by atoms with van der Waals surface area (Å²) in [6.45, 7) is 13.1. The smallest absolute Gasteiger partial charge is 0.227 e. The molecule has 1 aromatic rings. The highest BCUT2D eigenvalue weighted by molar-refractivity contribution is 5.94. The van der Waals surface area contributed by atoms with E-state index in [0.29, 0.717) is 13.0 Å². The van der Waals surface area contributed by atoms with E-state index in [0.717, 1.165) is 55.5 Å². The van der Waals surface area contributed by atoms with Crippen molar-refractivity contribution in [3.63, 3.8) is 0 Å². The summed E-state index contributed by atoms with van der Waals surface area (Å²) in [4.78, 5) is 12.0. The van der Waals surface area contributed by atoms with E-state index in [1.807, 2.05) is 24.3 Å². The van der Waals surface area contributed by atoms with Crippen LogP contribution in [0.15, 0.2) is 65.8 Å². The molecule has 0 spiro atoms. The van der Waals surface area contributed by atoms with Gasteiger partial charge in [0.05, 0.1) is 0 Å². The normalized spacial score (nSPS) is 14.2. The van der Waals surface area contributed by atoms with Crippen molar-refractivity contribution < 1.29 is 9.53 Å².